The fourth-order valence-corrected chi connectivity index (χ4v) is 3.73. The first-order valence-corrected chi connectivity index (χ1v) is 9.36. The monoisotopic (exact) mass is 372 g/mol. The number of hydrogen-bond acceptors (Lipinski definition) is 3. The number of carbonyl (C=O) groups excluding carboxylic acids is 1. The number of hydrogen-bond donors (Lipinski definition) is 1. The minimum Gasteiger partial charge on any atom is -0.497 e. The van der Waals surface area contributed by atoms with Crippen LogP contribution in [0.3, 0.4) is 0 Å². The molecule has 1 N–H and O–H groups in total. The van der Waals surface area contributed by atoms with E-state index in [1.807, 2.05) is 53.4 Å². The van der Waals surface area contributed by atoms with E-state index >= 15 is 0 Å². The number of rotatable bonds is 5. The zero-order chi connectivity index (χ0) is 18.5. The summed E-state index contributed by atoms with van der Waals surface area (Å²) in [4.78, 5) is 15.0. The van der Waals surface area contributed by atoms with E-state index in [-0.39, 0.29) is 17.9 Å². The minimum absolute atomic E-state index is 0.0255. The molecular formula is C21H25ClN2O2. The largest absolute Gasteiger partial charge is 0.497 e. The molecule has 2 atom stereocenters. The molecule has 0 bridgehead atoms. The van der Waals surface area contributed by atoms with Crippen LogP contribution in [-0.2, 0) is 4.79 Å². The van der Waals surface area contributed by atoms with Crippen molar-refractivity contribution in [1.29, 1.82) is 0 Å². The fraction of sp³-hybridized carbons (Fsp3) is 0.381. The van der Waals surface area contributed by atoms with Crippen LogP contribution in [-0.4, -0.2) is 37.6 Å². The highest BCUT2D eigenvalue weighted by atomic mass is 35.5. The fourth-order valence-electron chi connectivity index (χ4n) is 3.47. The van der Waals surface area contributed by atoms with Crippen molar-refractivity contribution in [3.8, 4) is 5.75 Å². The molecule has 2 unspecified atom stereocenters. The normalized spacial score (nSPS) is 18.4. The SMILES string of the molecule is COc1cccc(C(C)CC(=O)N2CCNCC2c2ccccc2Cl)c1. The van der Waals surface area contributed by atoms with Crippen molar-refractivity contribution in [3.63, 3.8) is 0 Å². The highest BCUT2D eigenvalue weighted by Crippen LogP contribution is 2.31. The highest BCUT2D eigenvalue weighted by Gasteiger charge is 2.29. The lowest BCUT2D eigenvalue weighted by Crippen LogP contribution is -2.49. The number of halogens is 1. The topological polar surface area (TPSA) is 41.6 Å². The second kappa shape index (κ2) is 8.56. The maximum Gasteiger partial charge on any atom is 0.223 e. The summed E-state index contributed by atoms with van der Waals surface area (Å²) < 4.78 is 5.30. The van der Waals surface area contributed by atoms with Crippen LogP contribution < -0.4 is 10.1 Å². The second-order valence-electron chi connectivity index (χ2n) is 6.71. The van der Waals surface area contributed by atoms with Crippen LogP contribution in [0.5, 0.6) is 5.75 Å². The lowest BCUT2D eigenvalue weighted by molar-refractivity contribution is -0.134. The third-order valence-electron chi connectivity index (χ3n) is 4.97. The van der Waals surface area contributed by atoms with Gasteiger partial charge in [0.1, 0.15) is 5.75 Å². The molecular weight excluding hydrogens is 348 g/mol. The number of amides is 1. The molecule has 0 radical (unpaired) electrons. The van der Waals surface area contributed by atoms with E-state index in [2.05, 4.69) is 12.2 Å². The number of ether oxygens (including phenoxy) is 1. The molecule has 0 saturated carbocycles. The van der Waals surface area contributed by atoms with Crippen molar-refractivity contribution >= 4 is 17.5 Å². The average molecular weight is 373 g/mol. The Bertz CT molecular complexity index is 765. The van der Waals surface area contributed by atoms with Crippen LogP contribution >= 0.6 is 11.6 Å². The first-order chi connectivity index (χ1) is 12.6. The van der Waals surface area contributed by atoms with Crippen LogP contribution in [0.25, 0.3) is 0 Å². The first-order valence-electron chi connectivity index (χ1n) is 8.98. The Kier molecular flexibility index (Phi) is 6.17. The summed E-state index contributed by atoms with van der Waals surface area (Å²) in [6.07, 6.45) is 0.466. The molecule has 1 amide bonds. The Morgan fingerprint density at radius 3 is 2.88 bits per heavy atom. The smallest absolute Gasteiger partial charge is 0.223 e. The van der Waals surface area contributed by atoms with Crippen LogP contribution in [0.15, 0.2) is 48.5 Å². The van der Waals surface area contributed by atoms with Crippen molar-refractivity contribution in [1.82, 2.24) is 10.2 Å². The maximum absolute atomic E-state index is 13.1. The van der Waals surface area contributed by atoms with Gasteiger partial charge in [-0.1, -0.05) is 48.9 Å². The molecule has 0 aliphatic carbocycles. The molecule has 2 aromatic rings. The Labute approximate surface area is 160 Å². The number of methoxy groups -OCH3 is 1. The predicted molar refractivity (Wildman–Crippen MR) is 105 cm³/mol. The average Bonchev–Trinajstić information content (AvgIpc) is 2.68. The zero-order valence-corrected chi connectivity index (χ0v) is 16.0. The Hall–Kier alpha value is -2.04. The lowest BCUT2D eigenvalue weighted by Gasteiger charge is -2.37. The molecule has 4 nitrogen and oxygen atoms in total. The molecule has 3 rings (SSSR count). The van der Waals surface area contributed by atoms with E-state index in [1.54, 1.807) is 7.11 Å². The van der Waals surface area contributed by atoms with Gasteiger partial charge in [-0.15, -0.1) is 0 Å². The predicted octanol–water partition coefficient (Wildman–Crippen LogP) is 4.02. The van der Waals surface area contributed by atoms with Gasteiger partial charge in [0.15, 0.2) is 0 Å². The third kappa shape index (κ3) is 4.19. The van der Waals surface area contributed by atoms with E-state index in [0.717, 1.165) is 30.0 Å². The molecule has 1 fully saturated rings. The van der Waals surface area contributed by atoms with Crippen molar-refractivity contribution < 1.29 is 9.53 Å². The van der Waals surface area contributed by atoms with E-state index < -0.39 is 0 Å². The molecule has 0 aromatic heterocycles. The lowest BCUT2D eigenvalue weighted by atomic mass is 9.95. The van der Waals surface area contributed by atoms with Gasteiger partial charge in [-0.2, -0.15) is 0 Å². The number of carbonyl (C=O) groups is 1. The molecule has 2 aromatic carbocycles. The molecule has 1 aliphatic rings. The third-order valence-corrected chi connectivity index (χ3v) is 5.32. The van der Waals surface area contributed by atoms with E-state index in [1.165, 1.54) is 0 Å². The van der Waals surface area contributed by atoms with Gasteiger partial charge in [-0.3, -0.25) is 4.79 Å². The Balaban J connectivity index is 1.75. The molecule has 26 heavy (non-hydrogen) atoms. The van der Waals surface area contributed by atoms with Crippen LogP contribution in [0.1, 0.15) is 36.4 Å². The maximum atomic E-state index is 13.1. The summed E-state index contributed by atoms with van der Waals surface area (Å²) in [7, 11) is 1.66. The Morgan fingerprint density at radius 1 is 1.31 bits per heavy atom. The van der Waals surface area contributed by atoms with Crippen LogP contribution in [0.2, 0.25) is 5.02 Å². The number of nitrogens with zero attached hydrogens (tertiary/aromatic N) is 1. The van der Waals surface area contributed by atoms with Gasteiger partial charge in [0, 0.05) is 31.1 Å². The zero-order valence-electron chi connectivity index (χ0n) is 15.2. The molecule has 5 heteroatoms. The molecule has 138 valence electrons. The summed E-state index contributed by atoms with van der Waals surface area (Å²) in [6.45, 7) is 4.31. The highest BCUT2D eigenvalue weighted by molar-refractivity contribution is 6.31. The summed E-state index contributed by atoms with van der Waals surface area (Å²) in [5.41, 5.74) is 2.12. The standard InChI is InChI=1S/C21H25ClN2O2/c1-15(16-6-5-7-17(13-16)26-2)12-21(25)24-11-10-23-14-20(24)18-8-3-4-9-19(18)22/h3-9,13,15,20,23H,10-12,14H2,1-2H3. The van der Waals surface area contributed by atoms with Gasteiger partial charge in [0.2, 0.25) is 5.91 Å². The Morgan fingerprint density at radius 2 is 2.12 bits per heavy atom. The quantitative estimate of drug-likeness (QED) is 0.862. The number of piperazine rings is 1. The van der Waals surface area contributed by atoms with Crippen LogP contribution in [0, 0.1) is 0 Å². The summed E-state index contributed by atoms with van der Waals surface area (Å²) >= 11 is 6.38. The van der Waals surface area contributed by atoms with Gasteiger partial charge < -0.3 is 15.0 Å². The van der Waals surface area contributed by atoms with Gasteiger partial charge >= 0.3 is 0 Å². The van der Waals surface area contributed by atoms with E-state index in [0.29, 0.717) is 18.0 Å². The van der Waals surface area contributed by atoms with Crippen molar-refractivity contribution in [2.45, 2.75) is 25.3 Å². The van der Waals surface area contributed by atoms with E-state index in [4.69, 9.17) is 16.3 Å². The van der Waals surface area contributed by atoms with E-state index in [9.17, 15) is 4.79 Å². The van der Waals surface area contributed by atoms with Crippen molar-refractivity contribution in [3.05, 3.63) is 64.7 Å². The second-order valence-corrected chi connectivity index (χ2v) is 7.12. The van der Waals surface area contributed by atoms with Crippen LogP contribution in [0.4, 0.5) is 0 Å². The van der Waals surface area contributed by atoms with Gasteiger partial charge in [-0.05, 0) is 35.2 Å². The first kappa shape index (κ1) is 18.7. The molecule has 0 spiro atoms. The summed E-state index contributed by atoms with van der Waals surface area (Å²) in [5, 5.41) is 4.08. The minimum atomic E-state index is -0.0255. The molecule has 1 aliphatic heterocycles. The van der Waals surface area contributed by atoms with Gasteiger partial charge in [0.25, 0.3) is 0 Å². The number of nitrogens with one attached hydrogen (secondary N) is 1. The summed E-state index contributed by atoms with van der Waals surface area (Å²) in [6, 6.07) is 15.7. The van der Waals surface area contributed by atoms with Gasteiger partial charge in [0.05, 0.1) is 13.2 Å². The molecule has 1 saturated heterocycles. The van der Waals surface area contributed by atoms with Gasteiger partial charge in [-0.25, -0.2) is 0 Å². The summed E-state index contributed by atoms with van der Waals surface area (Å²) in [5.74, 6) is 1.10. The number of benzene rings is 2. The molecule has 1 heterocycles. The van der Waals surface area contributed by atoms with Crippen molar-refractivity contribution in [2.75, 3.05) is 26.7 Å². The van der Waals surface area contributed by atoms with Crippen molar-refractivity contribution in [2.24, 2.45) is 0 Å².